The Kier molecular flexibility index (Phi) is 4.37. The number of Topliss-reactive ketones (excluding diaryl/α,β-unsaturated/α-hetero) is 1. The lowest BCUT2D eigenvalue weighted by molar-refractivity contribution is -0.132. The van der Waals surface area contributed by atoms with E-state index >= 15 is 0 Å². The molecule has 0 fully saturated rings. The molecule has 3 nitrogen and oxygen atoms in total. The second-order valence-electron chi connectivity index (χ2n) is 3.03. The number of benzene rings is 1. The molecule has 4 heteroatoms. The molecule has 0 heterocycles. The molecule has 0 radical (unpaired) electrons. The summed E-state index contributed by atoms with van der Waals surface area (Å²) in [6.07, 6.45) is 0. The first kappa shape index (κ1) is 11.8. The summed E-state index contributed by atoms with van der Waals surface area (Å²) in [5, 5.41) is 0. The van der Waals surface area contributed by atoms with Crippen molar-refractivity contribution in [3.05, 3.63) is 24.3 Å². The number of ether oxygens (including phenoxy) is 1. The quantitative estimate of drug-likeness (QED) is 0.447. The fourth-order valence-electron chi connectivity index (χ4n) is 0.988. The SMILES string of the molecule is CC(=O)CSc1ccccc1OC(C)=O. The maximum Gasteiger partial charge on any atom is 0.308 e. The first-order valence-electron chi connectivity index (χ1n) is 4.49. The van der Waals surface area contributed by atoms with E-state index in [2.05, 4.69) is 0 Å². The van der Waals surface area contributed by atoms with Crippen LogP contribution < -0.4 is 4.74 Å². The molecule has 0 unspecified atom stereocenters. The number of esters is 1. The molecule has 1 aromatic carbocycles. The summed E-state index contributed by atoms with van der Waals surface area (Å²) in [5.74, 6) is 0.637. The van der Waals surface area contributed by atoms with Gasteiger partial charge in [-0.15, -0.1) is 11.8 Å². The Morgan fingerprint density at radius 3 is 2.53 bits per heavy atom. The molecule has 0 saturated carbocycles. The molecule has 0 spiro atoms. The molecule has 0 amide bonds. The van der Waals surface area contributed by atoms with Crippen LogP contribution >= 0.6 is 11.8 Å². The monoisotopic (exact) mass is 224 g/mol. The van der Waals surface area contributed by atoms with Gasteiger partial charge in [0.1, 0.15) is 11.5 Å². The summed E-state index contributed by atoms with van der Waals surface area (Å²) < 4.78 is 5.01. The molecule has 0 atom stereocenters. The zero-order chi connectivity index (χ0) is 11.3. The Morgan fingerprint density at radius 1 is 1.27 bits per heavy atom. The Bertz CT molecular complexity index is 374. The van der Waals surface area contributed by atoms with Crippen LogP contribution in [0.1, 0.15) is 13.8 Å². The highest BCUT2D eigenvalue weighted by molar-refractivity contribution is 8.00. The van der Waals surface area contributed by atoms with Crippen molar-refractivity contribution in [1.29, 1.82) is 0 Å². The van der Waals surface area contributed by atoms with Crippen LogP contribution in [0.2, 0.25) is 0 Å². The number of ketones is 1. The second kappa shape index (κ2) is 5.56. The zero-order valence-corrected chi connectivity index (χ0v) is 9.47. The van der Waals surface area contributed by atoms with Crippen LogP contribution in [0.5, 0.6) is 5.75 Å². The third-order valence-electron chi connectivity index (χ3n) is 1.53. The summed E-state index contributed by atoms with van der Waals surface area (Å²) in [4.78, 5) is 22.4. The van der Waals surface area contributed by atoms with Gasteiger partial charge in [-0.3, -0.25) is 9.59 Å². The van der Waals surface area contributed by atoms with Crippen molar-refractivity contribution in [3.8, 4) is 5.75 Å². The van der Waals surface area contributed by atoms with Crippen LogP contribution in [0.4, 0.5) is 0 Å². The minimum absolute atomic E-state index is 0.0950. The molecule has 80 valence electrons. The van der Waals surface area contributed by atoms with E-state index in [1.54, 1.807) is 12.1 Å². The number of carbonyl (C=O) groups is 2. The first-order valence-corrected chi connectivity index (χ1v) is 5.48. The summed E-state index contributed by atoms with van der Waals surface area (Å²) in [7, 11) is 0. The number of thioether (sulfide) groups is 1. The van der Waals surface area contributed by atoms with Gasteiger partial charge in [0.25, 0.3) is 0 Å². The summed E-state index contributed by atoms with van der Waals surface area (Å²) in [6.45, 7) is 2.88. The van der Waals surface area contributed by atoms with E-state index in [1.807, 2.05) is 12.1 Å². The topological polar surface area (TPSA) is 43.4 Å². The van der Waals surface area contributed by atoms with Gasteiger partial charge in [-0.25, -0.2) is 0 Å². The van der Waals surface area contributed by atoms with Crippen LogP contribution in [0, 0.1) is 0 Å². The third-order valence-corrected chi connectivity index (χ3v) is 2.73. The highest BCUT2D eigenvalue weighted by Gasteiger charge is 2.06. The molecule has 15 heavy (non-hydrogen) atoms. The van der Waals surface area contributed by atoms with E-state index in [-0.39, 0.29) is 11.8 Å². The van der Waals surface area contributed by atoms with Crippen LogP contribution in [0.3, 0.4) is 0 Å². The molecule has 0 aliphatic heterocycles. The van der Waals surface area contributed by atoms with Gasteiger partial charge in [-0.2, -0.15) is 0 Å². The number of hydrogen-bond donors (Lipinski definition) is 0. The lowest BCUT2D eigenvalue weighted by Crippen LogP contribution is -2.02. The maximum absolute atomic E-state index is 10.8. The predicted octanol–water partition coefficient (Wildman–Crippen LogP) is 2.29. The first-order chi connectivity index (χ1) is 7.09. The van der Waals surface area contributed by atoms with Crippen LogP contribution in [0.25, 0.3) is 0 Å². The lowest BCUT2D eigenvalue weighted by Gasteiger charge is -2.06. The van der Waals surface area contributed by atoms with Crippen molar-refractivity contribution < 1.29 is 14.3 Å². The van der Waals surface area contributed by atoms with Gasteiger partial charge in [0, 0.05) is 6.92 Å². The minimum atomic E-state index is -0.356. The van der Waals surface area contributed by atoms with Gasteiger partial charge >= 0.3 is 5.97 Å². The Morgan fingerprint density at radius 2 is 1.93 bits per heavy atom. The van der Waals surface area contributed by atoms with E-state index in [4.69, 9.17) is 4.74 Å². The average Bonchev–Trinajstić information content (AvgIpc) is 2.15. The van der Waals surface area contributed by atoms with Crippen molar-refractivity contribution >= 4 is 23.5 Å². The molecule has 0 aromatic heterocycles. The summed E-state index contributed by atoms with van der Waals surface area (Å²) in [5.41, 5.74) is 0. The summed E-state index contributed by atoms with van der Waals surface area (Å²) in [6, 6.07) is 7.17. The molecular weight excluding hydrogens is 212 g/mol. The van der Waals surface area contributed by atoms with Gasteiger partial charge in [-0.05, 0) is 19.1 Å². The maximum atomic E-state index is 10.8. The number of rotatable bonds is 4. The van der Waals surface area contributed by atoms with Crippen molar-refractivity contribution in [1.82, 2.24) is 0 Å². The van der Waals surface area contributed by atoms with Crippen LogP contribution in [-0.2, 0) is 9.59 Å². The number of para-hydroxylation sites is 1. The Labute approximate surface area is 92.8 Å². The minimum Gasteiger partial charge on any atom is -0.426 e. The van der Waals surface area contributed by atoms with Crippen LogP contribution in [-0.4, -0.2) is 17.5 Å². The molecule has 0 aliphatic rings. The van der Waals surface area contributed by atoms with Crippen LogP contribution in [0.15, 0.2) is 29.2 Å². The third kappa shape index (κ3) is 4.16. The average molecular weight is 224 g/mol. The van der Waals surface area contributed by atoms with Crippen molar-refractivity contribution in [2.24, 2.45) is 0 Å². The van der Waals surface area contributed by atoms with Gasteiger partial charge < -0.3 is 4.74 Å². The van der Waals surface area contributed by atoms with E-state index in [1.165, 1.54) is 25.6 Å². The molecule has 0 N–H and O–H groups in total. The summed E-state index contributed by atoms with van der Waals surface area (Å²) >= 11 is 1.37. The van der Waals surface area contributed by atoms with Gasteiger partial charge in [0.05, 0.1) is 10.6 Å². The standard InChI is InChI=1S/C11H12O3S/c1-8(12)7-15-11-6-4-3-5-10(11)14-9(2)13/h3-6H,7H2,1-2H3. The fraction of sp³-hybridized carbons (Fsp3) is 0.273. The smallest absolute Gasteiger partial charge is 0.308 e. The fourth-order valence-corrected chi connectivity index (χ4v) is 1.77. The van der Waals surface area contributed by atoms with E-state index < -0.39 is 0 Å². The highest BCUT2D eigenvalue weighted by atomic mass is 32.2. The number of hydrogen-bond acceptors (Lipinski definition) is 4. The number of carbonyl (C=O) groups excluding carboxylic acids is 2. The Hall–Kier alpha value is -1.29. The zero-order valence-electron chi connectivity index (χ0n) is 8.65. The van der Waals surface area contributed by atoms with Gasteiger partial charge in [0.15, 0.2) is 0 Å². The molecule has 0 aliphatic carbocycles. The second-order valence-corrected chi connectivity index (χ2v) is 4.05. The van der Waals surface area contributed by atoms with Crippen molar-refractivity contribution in [2.45, 2.75) is 18.7 Å². The predicted molar refractivity (Wildman–Crippen MR) is 59.2 cm³/mol. The van der Waals surface area contributed by atoms with Crippen molar-refractivity contribution in [2.75, 3.05) is 5.75 Å². The molecule has 1 aromatic rings. The van der Waals surface area contributed by atoms with E-state index in [0.717, 1.165) is 4.90 Å². The molecule has 0 bridgehead atoms. The van der Waals surface area contributed by atoms with Crippen molar-refractivity contribution in [3.63, 3.8) is 0 Å². The molecule has 0 saturated heterocycles. The van der Waals surface area contributed by atoms with Gasteiger partial charge in [0.2, 0.25) is 0 Å². The molecule has 1 rings (SSSR count). The largest absolute Gasteiger partial charge is 0.426 e. The molecular formula is C11H12O3S. The normalized spacial score (nSPS) is 9.73. The highest BCUT2D eigenvalue weighted by Crippen LogP contribution is 2.28. The van der Waals surface area contributed by atoms with Gasteiger partial charge in [-0.1, -0.05) is 12.1 Å². The lowest BCUT2D eigenvalue weighted by atomic mass is 10.3. The van der Waals surface area contributed by atoms with E-state index in [0.29, 0.717) is 11.5 Å². The Balaban J connectivity index is 2.76. The van der Waals surface area contributed by atoms with E-state index in [9.17, 15) is 9.59 Å².